The second-order valence-corrected chi connectivity index (χ2v) is 5.02. The molecular weight excluding hydrogens is 260 g/mol. The number of unbranched alkanes of at least 4 members (excludes halogenated alkanes) is 3. The Balaban J connectivity index is 3.41. The van der Waals surface area contributed by atoms with Gasteiger partial charge in [-0.2, -0.15) is 0 Å². The highest BCUT2D eigenvalue weighted by atomic mass is 16.4. The van der Waals surface area contributed by atoms with Crippen molar-refractivity contribution < 1.29 is 9.90 Å². The fourth-order valence-electron chi connectivity index (χ4n) is 1.77. The van der Waals surface area contributed by atoms with Gasteiger partial charge in [-0.25, -0.2) is 0 Å². The van der Waals surface area contributed by atoms with E-state index in [0.29, 0.717) is 6.42 Å². The van der Waals surface area contributed by atoms with Crippen LogP contribution in [0.2, 0.25) is 0 Å². The lowest BCUT2D eigenvalue weighted by atomic mass is 10.2. The smallest absolute Gasteiger partial charge is 0.303 e. The molecule has 0 aromatic carbocycles. The maximum absolute atomic E-state index is 10.3. The highest BCUT2D eigenvalue weighted by molar-refractivity contribution is 5.66. The van der Waals surface area contributed by atoms with E-state index in [1.165, 1.54) is 25.7 Å². The van der Waals surface area contributed by atoms with Crippen molar-refractivity contribution in [3.05, 3.63) is 48.6 Å². The number of carbonyl (C=O) groups is 1. The van der Waals surface area contributed by atoms with Crippen LogP contribution >= 0.6 is 0 Å². The summed E-state index contributed by atoms with van der Waals surface area (Å²) in [6, 6.07) is 0. The van der Waals surface area contributed by atoms with Gasteiger partial charge in [0.05, 0.1) is 0 Å². The van der Waals surface area contributed by atoms with Gasteiger partial charge in [-0.15, -0.1) is 0 Å². The number of rotatable bonds is 13. The van der Waals surface area contributed by atoms with E-state index in [2.05, 4.69) is 43.4 Å². The highest BCUT2D eigenvalue weighted by Crippen LogP contribution is 2.01. The predicted octanol–water partition coefficient (Wildman–Crippen LogP) is 5.83. The second-order valence-electron chi connectivity index (χ2n) is 5.02. The van der Waals surface area contributed by atoms with Crippen molar-refractivity contribution in [1.82, 2.24) is 0 Å². The highest BCUT2D eigenvalue weighted by Gasteiger charge is 1.90. The maximum atomic E-state index is 10.3. The fourth-order valence-corrected chi connectivity index (χ4v) is 1.77. The van der Waals surface area contributed by atoms with Crippen molar-refractivity contribution in [2.24, 2.45) is 0 Å². The molecule has 2 heteroatoms. The standard InChI is InChI=1S/C19H30O2/c1-2-3-4-5-6-7-8-9-10-11-12-13-14-15-16-17-18-19(20)21/h6-7,9-10,12-13,15-16H,2-5,8,11,14,17-18H2,1H3,(H,20,21)/b7-6+,10-9+,13-12+,16-15+. The molecule has 1 N–H and O–H groups in total. The van der Waals surface area contributed by atoms with Crippen molar-refractivity contribution in [2.75, 3.05) is 0 Å². The monoisotopic (exact) mass is 290 g/mol. The molecule has 0 unspecified atom stereocenters. The summed E-state index contributed by atoms with van der Waals surface area (Å²) < 4.78 is 0. The molecule has 0 bridgehead atoms. The topological polar surface area (TPSA) is 37.3 Å². The van der Waals surface area contributed by atoms with Crippen molar-refractivity contribution in [2.45, 2.75) is 64.7 Å². The average Bonchev–Trinajstić information content (AvgIpc) is 2.46. The number of hydrogen-bond acceptors (Lipinski definition) is 1. The third kappa shape index (κ3) is 18.4. The zero-order valence-electron chi connectivity index (χ0n) is 13.3. The Bertz CT molecular complexity index is 349. The summed E-state index contributed by atoms with van der Waals surface area (Å²) in [4.78, 5) is 10.3. The number of allylic oxidation sites excluding steroid dienone is 8. The van der Waals surface area contributed by atoms with E-state index in [-0.39, 0.29) is 6.42 Å². The number of carboxylic acid groups (broad SMARTS) is 1. The molecule has 0 fully saturated rings. The normalized spacial score (nSPS) is 12.4. The largest absolute Gasteiger partial charge is 0.481 e. The van der Waals surface area contributed by atoms with E-state index >= 15 is 0 Å². The van der Waals surface area contributed by atoms with Gasteiger partial charge in [-0.3, -0.25) is 4.79 Å². The zero-order chi connectivity index (χ0) is 15.6. The summed E-state index contributed by atoms with van der Waals surface area (Å²) in [7, 11) is 0. The van der Waals surface area contributed by atoms with Crippen LogP contribution in [-0.4, -0.2) is 11.1 Å². The van der Waals surface area contributed by atoms with Crippen LogP contribution in [-0.2, 0) is 4.79 Å². The lowest BCUT2D eigenvalue weighted by Gasteiger charge is -1.90. The van der Waals surface area contributed by atoms with E-state index in [1.807, 2.05) is 12.2 Å². The quantitative estimate of drug-likeness (QED) is 0.342. The molecule has 0 saturated carbocycles. The minimum atomic E-state index is -0.736. The molecule has 0 saturated heterocycles. The third-order valence-corrected chi connectivity index (χ3v) is 2.98. The summed E-state index contributed by atoms with van der Waals surface area (Å²) in [6.45, 7) is 2.23. The Morgan fingerprint density at radius 3 is 1.71 bits per heavy atom. The first-order valence-electron chi connectivity index (χ1n) is 8.09. The fraction of sp³-hybridized carbons (Fsp3) is 0.526. The Labute approximate surface area is 130 Å². The molecule has 0 rings (SSSR count). The molecule has 0 amide bonds. The SMILES string of the molecule is CCCCC/C=C/C/C=C/C/C=C/C/C=C/CCC(=O)O. The van der Waals surface area contributed by atoms with Crippen LogP contribution in [0.15, 0.2) is 48.6 Å². The molecule has 0 aromatic rings. The van der Waals surface area contributed by atoms with Crippen molar-refractivity contribution in [3.63, 3.8) is 0 Å². The summed E-state index contributed by atoms with van der Waals surface area (Å²) in [6.07, 6.45) is 25.9. The first-order chi connectivity index (χ1) is 10.3. The van der Waals surface area contributed by atoms with Gasteiger partial charge in [0.2, 0.25) is 0 Å². The molecular formula is C19H30O2. The molecule has 0 radical (unpaired) electrons. The molecule has 0 heterocycles. The molecule has 0 aliphatic rings. The molecule has 0 spiro atoms. The lowest BCUT2D eigenvalue weighted by molar-refractivity contribution is -0.136. The van der Waals surface area contributed by atoms with Gasteiger partial charge in [-0.05, 0) is 38.5 Å². The van der Waals surface area contributed by atoms with Crippen LogP contribution in [0.4, 0.5) is 0 Å². The average molecular weight is 290 g/mol. The molecule has 0 aromatic heterocycles. The number of carboxylic acids is 1. The number of aliphatic carboxylic acids is 1. The van der Waals surface area contributed by atoms with Crippen LogP contribution < -0.4 is 0 Å². The van der Waals surface area contributed by atoms with Gasteiger partial charge >= 0.3 is 5.97 Å². The molecule has 2 nitrogen and oxygen atoms in total. The van der Waals surface area contributed by atoms with E-state index in [0.717, 1.165) is 19.3 Å². The zero-order valence-corrected chi connectivity index (χ0v) is 13.3. The second kappa shape index (κ2) is 16.5. The van der Waals surface area contributed by atoms with Gasteiger partial charge in [-0.1, -0.05) is 68.4 Å². The number of hydrogen-bond donors (Lipinski definition) is 1. The third-order valence-electron chi connectivity index (χ3n) is 2.98. The molecule has 0 aliphatic heterocycles. The summed E-state index contributed by atoms with van der Waals surface area (Å²) in [5, 5.41) is 8.47. The first kappa shape index (κ1) is 19.4. The van der Waals surface area contributed by atoms with Crippen LogP contribution in [0.1, 0.15) is 64.7 Å². The van der Waals surface area contributed by atoms with E-state index in [4.69, 9.17) is 5.11 Å². The van der Waals surface area contributed by atoms with Crippen LogP contribution in [0, 0.1) is 0 Å². The summed E-state index contributed by atoms with van der Waals surface area (Å²) in [5.41, 5.74) is 0. The molecule has 21 heavy (non-hydrogen) atoms. The lowest BCUT2D eigenvalue weighted by Crippen LogP contribution is -1.91. The van der Waals surface area contributed by atoms with Crippen molar-refractivity contribution in [3.8, 4) is 0 Å². The molecule has 0 atom stereocenters. The maximum Gasteiger partial charge on any atom is 0.303 e. The van der Waals surface area contributed by atoms with Gasteiger partial charge in [0, 0.05) is 6.42 Å². The van der Waals surface area contributed by atoms with Gasteiger partial charge < -0.3 is 5.11 Å². The Hall–Kier alpha value is -1.57. The Kier molecular flexibility index (Phi) is 15.3. The van der Waals surface area contributed by atoms with Gasteiger partial charge in [0.1, 0.15) is 0 Å². The van der Waals surface area contributed by atoms with E-state index in [1.54, 1.807) is 0 Å². The van der Waals surface area contributed by atoms with Crippen molar-refractivity contribution >= 4 is 5.97 Å². The van der Waals surface area contributed by atoms with Crippen LogP contribution in [0.25, 0.3) is 0 Å². The van der Waals surface area contributed by atoms with Gasteiger partial charge in [0.15, 0.2) is 0 Å². The summed E-state index contributed by atoms with van der Waals surface area (Å²) >= 11 is 0. The van der Waals surface area contributed by atoms with Crippen LogP contribution in [0.5, 0.6) is 0 Å². The summed E-state index contributed by atoms with van der Waals surface area (Å²) in [5.74, 6) is -0.736. The minimum Gasteiger partial charge on any atom is -0.481 e. The molecule has 118 valence electrons. The van der Waals surface area contributed by atoms with Crippen LogP contribution in [0.3, 0.4) is 0 Å². The van der Waals surface area contributed by atoms with Gasteiger partial charge in [0.25, 0.3) is 0 Å². The predicted molar refractivity (Wildman–Crippen MR) is 91.4 cm³/mol. The van der Waals surface area contributed by atoms with E-state index < -0.39 is 5.97 Å². The first-order valence-corrected chi connectivity index (χ1v) is 8.09. The van der Waals surface area contributed by atoms with E-state index in [9.17, 15) is 4.79 Å². The molecule has 0 aliphatic carbocycles. The Morgan fingerprint density at radius 1 is 0.762 bits per heavy atom. The van der Waals surface area contributed by atoms with Crippen molar-refractivity contribution in [1.29, 1.82) is 0 Å². The Morgan fingerprint density at radius 2 is 1.24 bits per heavy atom. The minimum absolute atomic E-state index is 0.217.